The molecule has 0 radical (unpaired) electrons. The fourth-order valence-electron chi connectivity index (χ4n) is 3.07. The number of aromatic amines is 1. The molecule has 0 unspecified atom stereocenters. The molecule has 30 heavy (non-hydrogen) atoms. The molecule has 7 nitrogen and oxygen atoms in total. The van der Waals surface area contributed by atoms with E-state index in [1.807, 2.05) is 63.2 Å². The van der Waals surface area contributed by atoms with Crippen LogP contribution in [0.1, 0.15) is 37.7 Å². The number of amides is 2. The van der Waals surface area contributed by atoms with Crippen LogP contribution in [0.25, 0.3) is 22.0 Å². The molecule has 1 heterocycles. The average Bonchev–Trinajstić information content (AvgIpc) is 3.13. The molecule has 7 heteroatoms. The normalized spacial score (nSPS) is 11.3. The fraction of sp³-hybridized carbons (Fsp3) is 0.304. The number of hydrogen-bond acceptors (Lipinski definition) is 4. The number of benzene rings is 2. The van der Waals surface area contributed by atoms with Gasteiger partial charge in [0, 0.05) is 17.5 Å². The predicted octanol–water partition coefficient (Wildman–Crippen LogP) is 4.23. The molecular formula is C23H27N3O4. The molecule has 1 aromatic heterocycles. The Morgan fingerprint density at radius 2 is 1.83 bits per heavy atom. The number of ether oxygens (including phenoxy) is 2. The van der Waals surface area contributed by atoms with Crippen molar-refractivity contribution in [3.63, 3.8) is 0 Å². The zero-order valence-electron chi connectivity index (χ0n) is 17.5. The lowest BCUT2D eigenvalue weighted by molar-refractivity contribution is 0.0525. The van der Waals surface area contributed by atoms with Crippen LogP contribution < -0.4 is 15.8 Å². The van der Waals surface area contributed by atoms with Gasteiger partial charge in [0.2, 0.25) is 0 Å². The lowest BCUT2D eigenvalue weighted by Crippen LogP contribution is -2.33. The van der Waals surface area contributed by atoms with E-state index in [2.05, 4.69) is 10.3 Å². The number of carbonyl (C=O) groups excluding carboxylic acids is 2. The van der Waals surface area contributed by atoms with Gasteiger partial charge in [-0.1, -0.05) is 30.3 Å². The highest BCUT2D eigenvalue weighted by Crippen LogP contribution is 2.34. The van der Waals surface area contributed by atoms with E-state index in [-0.39, 0.29) is 0 Å². The van der Waals surface area contributed by atoms with E-state index in [0.29, 0.717) is 31.0 Å². The second-order valence-electron chi connectivity index (χ2n) is 7.94. The van der Waals surface area contributed by atoms with Crippen LogP contribution in [0.5, 0.6) is 5.75 Å². The molecule has 2 aromatic carbocycles. The summed E-state index contributed by atoms with van der Waals surface area (Å²) < 4.78 is 11.1. The van der Waals surface area contributed by atoms with Gasteiger partial charge in [0.25, 0.3) is 5.91 Å². The molecule has 0 saturated carbocycles. The largest absolute Gasteiger partial charge is 0.493 e. The van der Waals surface area contributed by atoms with Gasteiger partial charge >= 0.3 is 6.09 Å². The van der Waals surface area contributed by atoms with Crippen LogP contribution in [0.3, 0.4) is 0 Å². The Bertz CT molecular complexity index is 1040. The Morgan fingerprint density at radius 1 is 1.10 bits per heavy atom. The number of carbonyl (C=O) groups is 2. The van der Waals surface area contributed by atoms with Crippen molar-refractivity contribution in [1.82, 2.24) is 10.3 Å². The van der Waals surface area contributed by atoms with E-state index in [4.69, 9.17) is 15.2 Å². The summed E-state index contributed by atoms with van der Waals surface area (Å²) in [7, 11) is 0. The molecule has 158 valence electrons. The summed E-state index contributed by atoms with van der Waals surface area (Å²) in [5.74, 6) is 0.114. The first-order valence-corrected chi connectivity index (χ1v) is 9.85. The first-order chi connectivity index (χ1) is 14.2. The Morgan fingerprint density at radius 3 is 2.50 bits per heavy atom. The van der Waals surface area contributed by atoms with Gasteiger partial charge in [-0.3, -0.25) is 4.79 Å². The quantitative estimate of drug-likeness (QED) is 0.508. The molecule has 0 aliphatic heterocycles. The van der Waals surface area contributed by atoms with Gasteiger partial charge in [0.05, 0.1) is 12.1 Å². The third kappa shape index (κ3) is 5.31. The smallest absolute Gasteiger partial charge is 0.407 e. The topological polar surface area (TPSA) is 106 Å². The second-order valence-corrected chi connectivity index (χ2v) is 7.94. The minimum absolute atomic E-state index is 0.324. The van der Waals surface area contributed by atoms with Crippen molar-refractivity contribution in [1.29, 1.82) is 0 Å². The molecule has 4 N–H and O–H groups in total. The predicted molar refractivity (Wildman–Crippen MR) is 117 cm³/mol. The first kappa shape index (κ1) is 21.2. The highest BCUT2D eigenvalue weighted by Gasteiger charge is 2.16. The number of rotatable bonds is 7. The van der Waals surface area contributed by atoms with E-state index >= 15 is 0 Å². The summed E-state index contributed by atoms with van der Waals surface area (Å²) in [5, 5.41) is 3.49. The van der Waals surface area contributed by atoms with Gasteiger partial charge in [-0.25, -0.2) is 4.79 Å². The maximum atomic E-state index is 11.7. The summed E-state index contributed by atoms with van der Waals surface area (Å²) in [6.07, 6.45) is 0.155. The van der Waals surface area contributed by atoms with E-state index in [1.54, 1.807) is 6.07 Å². The Hall–Kier alpha value is -3.48. The SMILES string of the molecule is CC(C)(C)OC(=O)NCCCOc1ccc(-c2ccccc2)c2[nH]c(C(N)=O)cc12. The number of fused-ring (bicyclic) bond motifs is 1. The van der Waals surface area contributed by atoms with Crippen LogP contribution in [0.2, 0.25) is 0 Å². The molecule has 0 aliphatic carbocycles. The number of H-pyrrole nitrogens is 1. The van der Waals surface area contributed by atoms with Gasteiger partial charge in [0.15, 0.2) is 0 Å². The Kier molecular flexibility index (Phi) is 6.30. The van der Waals surface area contributed by atoms with Crippen LogP contribution in [-0.4, -0.2) is 35.7 Å². The van der Waals surface area contributed by atoms with Crippen molar-refractivity contribution in [2.75, 3.05) is 13.2 Å². The summed E-state index contributed by atoms with van der Waals surface area (Å²) >= 11 is 0. The zero-order chi connectivity index (χ0) is 21.7. The molecular weight excluding hydrogens is 382 g/mol. The first-order valence-electron chi connectivity index (χ1n) is 9.85. The molecule has 0 atom stereocenters. The molecule has 0 saturated heterocycles. The van der Waals surface area contributed by atoms with E-state index in [0.717, 1.165) is 22.0 Å². The van der Waals surface area contributed by atoms with Gasteiger partial charge in [-0.2, -0.15) is 0 Å². The highest BCUT2D eigenvalue weighted by molar-refractivity contribution is 6.04. The standard InChI is InChI=1S/C23H27N3O4/c1-23(2,3)30-22(28)25-12-7-13-29-19-11-10-16(15-8-5-4-6-9-15)20-17(19)14-18(26-20)21(24)27/h4-6,8-11,14,26H,7,12-13H2,1-3H3,(H2,24,27)(H,25,28). The highest BCUT2D eigenvalue weighted by atomic mass is 16.6. The number of nitrogens with two attached hydrogens (primary N) is 1. The van der Waals surface area contributed by atoms with Crippen LogP contribution in [0, 0.1) is 0 Å². The molecule has 3 rings (SSSR count). The van der Waals surface area contributed by atoms with E-state index in [9.17, 15) is 9.59 Å². The molecule has 2 amide bonds. The van der Waals surface area contributed by atoms with Gasteiger partial charge in [-0.15, -0.1) is 0 Å². The number of primary amides is 1. The van der Waals surface area contributed by atoms with Crippen molar-refractivity contribution >= 4 is 22.9 Å². The Balaban J connectivity index is 1.71. The summed E-state index contributed by atoms with van der Waals surface area (Å²) in [6.45, 7) is 6.28. The molecule has 0 spiro atoms. The summed E-state index contributed by atoms with van der Waals surface area (Å²) in [5.41, 5.74) is 8.03. The molecule has 0 aliphatic rings. The van der Waals surface area contributed by atoms with Crippen molar-refractivity contribution in [3.8, 4) is 16.9 Å². The van der Waals surface area contributed by atoms with Crippen molar-refractivity contribution in [2.24, 2.45) is 5.73 Å². The zero-order valence-corrected chi connectivity index (χ0v) is 17.5. The van der Waals surface area contributed by atoms with Crippen molar-refractivity contribution < 1.29 is 19.1 Å². The number of aromatic nitrogens is 1. The summed E-state index contributed by atoms with van der Waals surface area (Å²) in [6, 6.07) is 15.4. The van der Waals surface area contributed by atoms with Crippen LogP contribution in [-0.2, 0) is 4.74 Å². The third-order valence-electron chi connectivity index (χ3n) is 4.35. The number of alkyl carbamates (subject to hydrolysis) is 1. The van der Waals surface area contributed by atoms with Gasteiger partial charge < -0.3 is 25.5 Å². The maximum absolute atomic E-state index is 11.7. The van der Waals surface area contributed by atoms with E-state index in [1.165, 1.54) is 0 Å². The number of hydrogen-bond donors (Lipinski definition) is 3. The minimum atomic E-state index is -0.530. The van der Waals surface area contributed by atoms with Crippen molar-refractivity contribution in [2.45, 2.75) is 32.8 Å². The lowest BCUT2D eigenvalue weighted by Gasteiger charge is -2.19. The number of nitrogens with one attached hydrogen (secondary N) is 2. The Labute approximate surface area is 175 Å². The monoisotopic (exact) mass is 409 g/mol. The van der Waals surface area contributed by atoms with Gasteiger partial charge in [0.1, 0.15) is 17.0 Å². The molecule has 0 bridgehead atoms. The molecule has 3 aromatic rings. The second kappa shape index (κ2) is 8.90. The van der Waals surface area contributed by atoms with Crippen molar-refractivity contribution in [3.05, 3.63) is 54.2 Å². The van der Waals surface area contributed by atoms with Gasteiger partial charge in [-0.05, 0) is 51.0 Å². The fourth-order valence-corrected chi connectivity index (χ4v) is 3.07. The van der Waals surface area contributed by atoms with E-state index < -0.39 is 17.6 Å². The lowest BCUT2D eigenvalue weighted by atomic mass is 10.0. The van der Waals surface area contributed by atoms with Crippen LogP contribution in [0.4, 0.5) is 4.79 Å². The van der Waals surface area contributed by atoms with Crippen LogP contribution >= 0.6 is 0 Å². The molecule has 0 fully saturated rings. The minimum Gasteiger partial charge on any atom is -0.493 e. The maximum Gasteiger partial charge on any atom is 0.407 e. The van der Waals surface area contributed by atoms with Crippen LogP contribution in [0.15, 0.2) is 48.5 Å². The summed E-state index contributed by atoms with van der Waals surface area (Å²) in [4.78, 5) is 26.5. The third-order valence-corrected chi connectivity index (χ3v) is 4.35. The average molecular weight is 409 g/mol.